The van der Waals surface area contributed by atoms with Gasteiger partial charge in [0.2, 0.25) is 17.6 Å². The molecule has 7 heteroatoms. The number of piperidine rings is 1. The first-order valence-corrected chi connectivity index (χ1v) is 9.44. The van der Waals surface area contributed by atoms with Crippen molar-refractivity contribution in [2.45, 2.75) is 25.7 Å². The number of hydrogen-bond acceptors (Lipinski definition) is 6. The van der Waals surface area contributed by atoms with Crippen LogP contribution in [0.3, 0.4) is 0 Å². The summed E-state index contributed by atoms with van der Waals surface area (Å²) in [5.74, 6) is 1.27. The molecular formula is C21H21N3O4. The van der Waals surface area contributed by atoms with Crippen LogP contribution in [0.25, 0.3) is 11.6 Å². The van der Waals surface area contributed by atoms with Crippen LogP contribution in [0.1, 0.15) is 35.5 Å². The van der Waals surface area contributed by atoms with Crippen molar-refractivity contribution in [3.63, 3.8) is 0 Å². The highest BCUT2D eigenvalue weighted by atomic mass is 16.5. The molecule has 1 aromatic carbocycles. The van der Waals surface area contributed by atoms with E-state index in [0.29, 0.717) is 42.5 Å². The molecule has 0 radical (unpaired) electrons. The highest BCUT2D eigenvalue weighted by Crippen LogP contribution is 2.22. The quantitative estimate of drug-likeness (QED) is 0.610. The number of carbonyl (C=O) groups excluding carboxylic acids is 2. The molecule has 1 aliphatic heterocycles. The third kappa shape index (κ3) is 4.03. The second-order valence-electron chi connectivity index (χ2n) is 6.90. The van der Waals surface area contributed by atoms with E-state index < -0.39 is 0 Å². The number of furan rings is 1. The normalized spacial score (nSPS) is 16.9. The molecule has 1 unspecified atom stereocenters. The van der Waals surface area contributed by atoms with Crippen molar-refractivity contribution in [2.24, 2.45) is 5.92 Å². The van der Waals surface area contributed by atoms with Crippen molar-refractivity contribution >= 4 is 11.7 Å². The molecule has 0 aliphatic carbocycles. The van der Waals surface area contributed by atoms with E-state index in [1.54, 1.807) is 23.3 Å². The molecule has 0 spiro atoms. The number of carbonyl (C=O) groups is 2. The zero-order valence-electron chi connectivity index (χ0n) is 15.4. The number of hydrogen-bond donors (Lipinski definition) is 0. The summed E-state index contributed by atoms with van der Waals surface area (Å²) >= 11 is 0. The number of aryl methyl sites for hydroxylation is 1. The summed E-state index contributed by atoms with van der Waals surface area (Å²) in [6.07, 6.45) is 3.82. The van der Waals surface area contributed by atoms with Gasteiger partial charge < -0.3 is 13.8 Å². The Hall–Kier alpha value is -3.22. The topological polar surface area (TPSA) is 89.4 Å². The van der Waals surface area contributed by atoms with Crippen molar-refractivity contribution in [3.8, 4) is 11.6 Å². The maximum absolute atomic E-state index is 12.7. The molecular weight excluding hydrogens is 358 g/mol. The predicted molar refractivity (Wildman–Crippen MR) is 100 cm³/mol. The van der Waals surface area contributed by atoms with Crippen molar-refractivity contribution in [1.29, 1.82) is 0 Å². The fourth-order valence-corrected chi connectivity index (χ4v) is 3.49. The second kappa shape index (κ2) is 8.21. The molecule has 4 rings (SSSR count). The Morgan fingerprint density at radius 2 is 2.00 bits per heavy atom. The van der Waals surface area contributed by atoms with Crippen LogP contribution in [0.15, 0.2) is 57.7 Å². The van der Waals surface area contributed by atoms with Gasteiger partial charge in [-0.05, 0) is 25.0 Å². The lowest BCUT2D eigenvalue weighted by Crippen LogP contribution is -2.42. The van der Waals surface area contributed by atoms with Gasteiger partial charge in [-0.1, -0.05) is 35.5 Å². The van der Waals surface area contributed by atoms with Gasteiger partial charge in [0.25, 0.3) is 0 Å². The van der Waals surface area contributed by atoms with Crippen LogP contribution in [-0.2, 0) is 11.2 Å². The number of Topliss-reactive ketones (excluding diaryl/α,β-unsaturated/α-hetero) is 1. The van der Waals surface area contributed by atoms with Crippen LogP contribution in [-0.4, -0.2) is 39.8 Å². The number of amides is 1. The maximum Gasteiger partial charge on any atom is 0.238 e. The van der Waals surface area contributed by atoms with Crippen LogP contribution >= 0.6 is 0 Å². The van der Waals surface area contributed by atoms with Crippen molar-refractivity contribution in [1.82, 2.24) is 15.0 Å². The minimum atomic E-state index is -0.144. The molecule has 144 valence electrons. The Balaban J connectivity index is 1.33. The van der Waals surface area contributed by atoms with E-state index in [4.69, 9.17) is 8.94 Å². The van der Waals surface area contributed by atoms with E-state index in [2.05, 4.69) is 10.1 Å². The minimum absolute atomic E-state index is 0.00307. The van der Waals surface area contributed by atoms with Gasteiger partial charge in [-0.15, -0.1) is 0 Å². The molecule has 1 amide bonds. The highest BCUT2D eigenvalue weighted by molar-refractivity contribution is 5.98. The Morgan fingerprint density at radius 1 is 1.14 bits per heavy atom. The molecule has 0 N–H and O–H groups in total. The van der Waals surface area contributed by atoms with E-state index in [1.807, 2.05) is 30.3 Å². The first kappa shape index (κ1) is 18.2. The Bertz CT molecular complexity index is 934. The first-order valence-electron chi connectivity index (χ1n) is 9.44. The summed E-state index contributed by atoms with van der Waals surface area (Å²) in [6.45, 7) is 1.15. The van der Waals surface area contributed by atoms with Crippen molar-refractivity contribution < 1.29 is 18.5 Å². The summed E-state index contributed by atoms with van der Waals surface area (Å²) in [4.78, 5) is 31.3. The van der Waals surface area contributed by atoms with E-state index in [-0.39, 0.29) is 24.0 Å². The molecule has 2 aromatic heterocycles. The molecule has 7 nitrogen and oxygen atoms in total. The van der Waals surface area contributed by atoms with Crippen LogP contribution in [0, 0.1) is 5.92 Å². The van der Waals surface area contributed by atoms with Crippen molar-refractivity contribution in [2.75, 3.05) is 13.1 Å². The zero-order chi connectivity index (χ0) is 19.3. The molecule has 1 saturated heterocycles. The van der Waals surface area contributed by atoms with Gasteiger partial charge in [0.1, 0.15) is 0 Å². The third-order valence-electron chi connectivity index (χ3n) is 4.97. The fourth-order valence-electron chi connectivity index (χ4n) is 3.49. The molecule has 3 aromatic rings. The molecule has 0 saturated carbocycles. The van der Waals surface area contributed by atoms with Crippen LogP contribution < -0.4 is 0 Å². The van der Waals surface area contributed by atoms with Crippen LogP contribution in [0.2, 0.25) is 0 Å². The fraction of sp³-hybridized carbons (Fsp3) is 0.333. The lowest BCUT2D eigenvalue weighted by atomic mass is 9.90. The summed E-state index contributed by atoms with van der Waals surface area (Å²) in [6, 6.07) is 12.8. The Morgan fingerprint density at radius 3 is 2.79 bits per heavy atom. The smallest absolute Gasteiger partial charge is 0.238 e. The average Bonchev–Trinajstić information content (AvgIpc) is 3.44. The van der Waals surface area contributed by atoms with Gasteiger partial charge in [-0.2, -0.15) is 4.98 Å². The SMILES string of the molecule is O=C(c1ccccc1)C1CCCN(C(=O)CCc2nc(-c3ccco3)no2)C1. The van der Waals surface area contributed by atoms with Gasteiger partial charge in [-0.25, -0.2) is 0 Å². The van der Waals surface area contributed by atoms with Gasteiger partial charge in [0.15, 0.2) is 11.5 Å². The lowest BCUT2D eigenvalue weighted by Gasteiger charge is -2.32. The standard InChI is InChI=1S/C21H21N3O4/c25-19(11-10-18-22-21(23-28-18)17-9-5-13-27-17)24-12-4-8-16(14-24)20(26)15-6-2-1-3-7-15/h1-3,5-7,9,13,16H,4,8,10-12,14H2. The van der Waals surface area contributed by atoms with Crippen LogP contribution in [0.4, 0.5) is 0 Å². The summed E-state index contributed by atoms with van der Waals surface area (Å²) < 4.78 is 10.4. The van der Waals surface area contributed by atoms with E-state index in [9.17, 15) is 9.59 Å². The molecule has 3 heterocycles. The van der Waals surface area contributed by atoms with Gasteiger partial charge in [-0.3, -0.25) is 9.59 Å². The molecule has 0 bridgehead atoms. The van der Waals surface area contributed by atoms with Crippen LogP contribution in [0.5, 0.6) is 0 Å². The lowest BCUT2D eigenvalue weighted by molar-refractivity contribution is -0.132. The monoisotopic (exact) mass is 379 g/mol. The number of ketones is 1. The number of benzene rings is 1. The van der Waals surface area contributed by atoms with Gasteiger partial charge >= 0.3 is 0 Å². The first-order chi connectivity index (χ1) is 13.7. The number of rotatable bonds is 6. The Labute approximate surface area is 162 Å². The number of nitrogens with zero attached hydrogens (tertiary/aromatic N) is 3. The van der Waals surface area contributed by atoms with E-state index in [0.717, 1.165) is 12.8 Å². The largest absolute Gasteiger partial charge is 0.461 e. The second-order valence-corrected chi connectivity index (χ2v) is 6.90. The zero-order valence-corrected chi connectivity index (χ0v) is 15.4. The molecule has 28 heavy (non-hydrogen) atoms. The highest BCUT2D eigenvalue weighted by Gasteiger charge is 2.29. The minimum Gasteiger partial charge on any atom is -0.461 e. The average molecular weight is 379 g/mol. The number of aromatic nitrogens is 2. The van der Waals surface area contributed by atoms with E-state index in [1.165, 1.54) is 0 Å². The van der Waals surface area contributed by atoms with Crippen molar-refractivity contribution in [3.05, 3.63) is 60.2 Å². The summed E-state index contributed by atoms with van der Waals surface area (Å²) in [5.41, 5.74) is 0.707. The van der Waals surface area contributed by atoms with E-state index >= 15 is 0 Å². The number of likely N-dealkylation sites (tertiary alicyclic amines) is 1. The predicted octanol–water partition coefficient (Wildman–Crippen LogP) is 3.38. The third-order valence-corrected chi connectivity index (χ3v) is 4.97. The molecule has 1 atom stereocenters. The summed E-state index contributed by atoms with van der Waals surface area (Å²) in [7, 11) is 0. The Kier molecular flexibility index (Phi) is 5.32. The maximum atomic E-state index is 12.7. The van der Waals surface area contributed by atoms with Gasteiger partial charge in [0.05, 0.1) is 6.26 Å². The molecule has 1 aliphatic rings. The molecule has 1 fully saturated rings. The van der Waals surface area contributed by atoms with Gasteiger partial charge in [0, 0.05) is 37.4 Å². The summed E-state index contributed by atoms with van der Waals surface area (Å²) in [5, 5.41) is 3.87.